The minimum absolute atomic E-state index is 0.297. The minimum Gasteiger partial charge on any atom is -0.332 e. The Labute approximate surface area is 106 Å². The summed E-state index contributed by atoms with van der Waals surface area (Å²) < 4.78 is 0.743. The highest BCUT2D eigenvalue weighted by atomic mass is 79.9. The highest BCUT2D eigenvalue weighted by Crippen LogP contribution is 2.16. The normalized spacial score (nSPS) is 14.6. The lowest BCUT2D eigenvalue weighted by atomic mass is 10.3. The Morgan fingerprint density at radius 2 is 2.47 bits per heavy atom. The number of hydrazine groups is 1. The number of halogens is 1. The van der Waals surface area contributed by atoms with Crippen LogP contribution in [0.4, 0.5) is 0 Å². The molecule has 7 nitrogen and oxygen atoms in total. The third-order valence-corrected chi connectivity index (χ3v) is 3.03. The van der Waals surface area contributed by atoms with Crippen LogP contribution in [0.2, 0.25) is 0 Å². The van der Waals surface area contributed by atoms with Crippen LogP contribution in [0.25, 0.3) is 0 Å². The highest BCUT2D eigenvalue weighted by molar-refractivity contribution is 9.10. The quantitative estimate of drug-likeness (QED) is 0.507. The van der Waals surface area contributed by atoms with Crippen LogP contribution in [0.1, 0.15) is 5.56 Å². The molecule has 0 fully saturated rings. The Morgan fingerprint density at radius 1 is 1.65 bits per heavy atom. The lowest BCUT2D eigenvalue weighted by Crippen LogP contribution is -2.40. The van der Waals surface area contributed by atoms with E-state index in [1.54, 1.807) is 6.20 Å². The van der Waals surface area contributed by atoms with Crippen molar-refractivity contribution in [2.75, 3.05) is 13.1 Å². The van der Waals surface area contributed by atoms with Gasteiger partial charge in [0.2, 0.25) is 0 Å². The largest absolute Gasteiger partial charge is 0.332 e. The molecule has 0 aromatic carbocycles. The van der Waals surface area contributed by atoms with Crippen molar-refractivity contribution in [2.45, 2.75) is 6.54 Å². The third-order valence-electron chi connectivity index (χ3n) is 2.32. The second-order valence-electron chi connectivity index (χ2n) is 3.45. The Hall–Kier alpha value is -1.70. The number of hydrogen-bond donors (Lipinski definition) is 1. The molecule has 2 heterocycles. The van der Waals surface area contributed by atoms with Crippen molar-refractivity contribution in [1.82, 2.24) is 15.3 Å². The number of guanidine groups is 1. The molecule has 1 N–H and O–H groups in total. The fourth-order valence-electron chi connectivity index (χ4n) is 1.57. The van der Waals surface area contributed by atoms with Crippen LogP contribution in [0, 0.1) is 10.1 Å². The standard InChI is InChI=1S/C9H10BrN5O2/c10-8-7(2-1-3-11-8)6-14-5-4-12-9(14)13-15(16)17/h1-3H,4-6H2,(H,12,13). The van der Waals surface area contributed by atoms with E-state index in [1.807, 2.05) is 17.0 Å². The van der Waals surface area contributed by atoms with Gasteiger partial charge < -0.3 is 4.90 Å². The summed E-state index contributed by atoms with van der Waals surface area (Å²) in [4.78, 5) is 20.3. The van der Waals surface area contributed by atoms with Gasteiger partial charge in [0, 0.05) is 24.8 Å². The topological polar surface area (TPSA) is 83.7 Å². The smallest absolute Gasteiger partial charge is 0.257 e. The van der Waals surface area contributed by atoms with E-state index < -0.39 is 5.03 Å². The van der Waals surface area contributed by atoms with Gasteiger partial charge in [-0.25, -0.2) is 20.1 Å². The molecule has 0 saturated carbocycles. The number of nitrogens with zero attached hydrogens (tertiary/aromatic N) is 4. The van der Waals surface area contributed by atoms with Crippen molar-refractivity contribution in [1.29, 1.82) is 0 Å². The summed E-state index contributed by atoms with van der Waals surface area (Å²) in [5, 5.41) is 9.78. The van der Waals surface area contributed by atoms with Gasteiger partial charge in [-0.05, 0) is 22.0 Å². The second-order valence-corrected chi connectivity index (χ2v) is 4.20. The predicted molar refractivity (Wildman–Crippen MR) is 64.8 cm³/mol. The lowest BCUT2D eigenvalue weighted by Gasteiger charge is -2.18. The molecular formula is C9H10BrN5O2. The molecule has 0 saturated heterocycles. The summed E-state index contributed by atoms with van der Waals surface area (Å²) in [6.07, 6.45) is 1.68. The van der Waals surface area contributed by atoms with Crippen molar-refractivity contribution in [2.24, 2.45) is 4.99 Å². The van der Waals surface area contributed by atoms with Crippen LogP contribution in [-0.4, -0.2) is 34.0 Å². The first-order valence-electron chi connectivity index (χ1n) is 4.96. The Bertz CT molecular complexity index is 464. The Balaban J connectivity index is 2.07. The highest BCUT2D eigenvalue weighted by Gasteiger charge is 2.21. The first-order chi connectivity index (χ1) is 8.16. The molecule has 0 aliphatic carbocycles. The first kappa shape index (κ1) is 11.8. The molecule has 8 heteroatoms. The maximum Gasteiger partial charge on any atom is 0.257 e. The van der Waals surface area contributed by atoms with Gasteiger partial charge in [-0.1, -0.05) is 11.5 Å². The van der Waals surface area contributed by atoms with E-state index in [-0.39, 0.29) is 0 Å². The zero-order chi connectivity index (χ0) is 12.3. The molecule has 0 atom stereocenters. The monoisotopic (exact) mass is 299 g/mol. The zero-order valence-electron chi connectivity index (χ0n) is 8.84. The van der Waals surface area contributed by atoms with Gasteiger partial charge in [0.1, 0.15) is 4.60 Å². The average Bonchev–Trinajstić information content (AvgIpc) is 2.68. The molecule has 0 amide bonds. The third kappa shape index (κ3) is 2.90. The van der Waals surface area contributed by atoms with Crippen LogP contribution in [-0.2, 0) is 6.54 Å². The first-order valence-corrected chi connectivity index (χ1v) is 5.76. The molecule has 1 aliphatic heterocycles. The molecule has 90 valence electrons. The van der Waals surface area contributed by atoms with Crippen LogP contribution in [0.15, 0.2) is 27.9 Å². The molecule has 1 aromatic rings. The minimum atomic E-state index is -0.602. The summed E-state index contributed by atoms with van der Waals surface area (Å²) in [5.74, 6) is 0.297. The summed E-state index contributed by atoms with van der Waals surface area (Å²) >= 11 is 3.34. The summed E-state index contributed by atoms with van der Waals surface area (Å²) in [7, 11) is 0. The summed E-state index contributed by atoms with van der Waals surface area (Å²) in [6, 6.07) is 3.74. The molecule has 2 rings (SSSR count). The van der Waals surface area contributed by atoms with Crippen molar-refractivity contribution in [3.05, 3.63) is 38.6 Å². The Morgan fingerprint density at radius 3 is 3.18 bits per heavy atom. The predicted octanol–water partition coefficient (Wildman–Crippen LogP) is 0.797. The van der Waals surface area contributed by atoms with Gasteiger partial charge in [-0.3, -0.25) is 0 Å². The van der Waals surface area contributed by atoms with Gasteiger partial charge in [-0.15, -0.1) is 0 Å². The van der Waals surface area contributed by atoms with Gasteiger partial charge in [-0.2, -0.15) is 0 Å². The fraction of sp³-hybridized carbons (Fsp3) is 0.333. The number of nitrogens with one attached hydrogen (secondary N) is 1. The average molecular weight is 300 g/mol. The summed E-state index contributed by atoms with van der Waals surface area (Å²) in [6.45, 7) is 1.76. The van der Waals surface area contributed by atoms with Crippen LogP contribution in [0.3, 0.4) is 0 Å². The summed E-state index contributed by atoms with van der Waals surface area (Å²) in [5.41, 5.74) is 3.06. The van der Waals surface area contributed by atoms with Crippen molar-refractivity contribution in [3.63, 3.8) is 0 Å². The number of rotatable bonds is 3. The van der Waals surface area contributed by atoms with Gasteiger partial charge in [0.15, 0.2) is 5.03 Å². The van der Waals surface area contributed by atoms with E-state index in [1.165, 1.54) is 0 Å². The van der Waals surface area contributed by atoms with Crippen LogP contribution < -0.4 is 5.43 Å². The van der Waals surface area contributed by atoms with E-state index in [0.717, 1.165) is 10.2 Å². The number of hydrogen-bond acceptors (Lipinski definition) is 5. The molecule has 0 radical (unpaired) electrons. The molecule has 17 heavy (non-hydrogen) atoms. The SMILES string of the molecule is O=[N+]([O-])NC1=NCCN1Cc1cccnc1Br. The number of aromatic nitrogens is 1. The van der Waals surface area contributed by atoms with Crippen LogP contribution >= 0.6 is 15.9 Å². The Kier molecular flexibility index (Phi) is 3.52. The van der Waals surface area contributed by atoms with E-state index in [9.17, 15) is 10.1 Å². The van der Waals surface area contributed by atoms with Crippen molar-refractivity contribution >= 4 is 21.9 Å². The second kappa shape index (κ2) is 5.09. The van der Waals surface area contributed by atoms with E-state index in [0.29, 0.717) is 25.6 Å². The molecule has 1 aromatic heterocycles. The molecule has 0 spiro atoms. The van der Waals surface area contributed by atoms with E-state index >= 15 is 0 Å². The van der Waals surface area contributed by atoms with E-state index in [4.69, 9.17) is 0 Å². The number of aliphatic imine (C=N–C) groups is 1. The van der Waals surface area contributed by atoms with Crippen molar-refractivity contribution < 1.29 is 5.03 Å². The van der Waals surface area contributed by atoms with Gasteiger partial charge in [0.05, 0.1) is 6.54 Å². The molecule has 0 unspecified atom stereocenters. The van der Waals surface area contributed by atoms with Gasteiger partial charge in [0.25, 0.3) is 5.96 Å². The van der Waals surface area contributed by atoms with E-state index in [2.05, 4.69) is 31.3 Å². The van der Waals surface area contributed by atoms with Gasteiger partial charge >= 0.3 is 0 Å². The number of nitro groups is 1. The molecule has 1 aliphatic rings. The fourth-order valence-corrected chi connectivity index (χ4v) is 1.94. The maximum absolute atomic E-state index is 10.4. The molecular weight excluding hydrogens is 290 g/mol. The lowest BCUT2D eigenvalue weighted by molar-refractivity contribution is -0.526. The molecule has 0 bridgehead atoms. The van der Waals surface area contributed by atoms with Crippen LogP contribution in [0.5, 0.6) is 0 Å². The van der Waals surface area contributed by atoms with Crippen molar-refractivity contribution in [3.8, 4) is 0 Å². The maximum atomic E-state index is 10.4. The zero-order valence-corrected chi connectivity index (χ0v) is 10.4. The number of pyridine rings is 1.